The van der Waals surface area contributed by atoms with Gasteiger partial charge in [-0.25, -0.2) is 0 Å². The molecule has 0 bridgehead atoms. The highest BCUT2D eigenvalue weighted by molar-refractivity contribution is 8.00. The van der Waals surface area contributed by atoms with Gasteiger partial charge in [0.2, 0.25) is 0 Å². The predicted molar refractivity (Wildman–Crippen MR) is 52.1 cm³/mol. The highest BCUT2D eigenvalue weighted by Gasteiger charge is 1.97. The van der Waals surface area contributed by atoms with Gasteiger partial charge in [0.05, 0.1) is 0 Å². The maximum Gasteiger partial charge on any atom is 0.0214 e. The average molecular weight is 169 g/mol. The van der Waals surface area contributed by atoms with Gasteiger partial charge in [-0.1, -0.05) is 25.8 Å². The maximum atomic E-state index is 3.27. The molecule has 0 radical (unpaired) electrons. The minimum atomic E-state index is 1.20. The smallest absolute Gasteiger partial charge is 0.0214 e. The zero-order valence-corrected chi connectivity index (χ0v) is 7.79. The molecule has 0 aliphatic carbocycles. The van der Waals surface area contributed by atoms with Gasteiger partial charge >= 0.3 is 0 Å². The molecule has 0 unspecified atom stereocenters. The van der Waals surface area contributed by atoms with Crippen LogP contribution in [0.25, 0.3) is 0 Å². The topological polar surface area (TPSA) is 12.0 Å². The van der Waals surface area contributed by atoms with Crippen LogP contribution >= 0.6 is 11.9 Å². The van der Waals surface area contributed by atoms with E-state index in [-0.39, 0.29) is 0 Å². The maximum absolute atomic E-state index is 3.27. The Morgan fingerprint density at radius 3 is 3.00 bits per heavy atom. The molecular weight excluding hydrogens is 154 g/mol. The molecular formula is C9H15NS. The van der Waals surface area contributed by atoms with Crippen LogP contribution in [0, 0.1) is 0 Å². The fourth-order valence-electron chi connectivity index (χ4n) is 1.04. The number of allylic oxidation sites excluding steroid dienone is 3. The van der Waals surface area contributed by atoms with Crippen molar-refractivity contribution in [3.8, 4) is 0 Å². The van der Waals surface area contributed by atoms with Crippen molar-refractivity contribution in [1.82, 2.24) is 4.72 Å². The monoisotopic (exact) mass is 169 g/mol. The minimum Gasteiger partial charge on any atom is -0.330 e. The third-order valence-corrected chi connectivity index (χ3v) is 2.36. The van der Waals surface area contributed by atoms with E-state index in [0.29, 0.717) is 0 Å². The molecule has 1 heterocycles. The van der Waals surface area contributed by atoms with Gasteiger partial charge in [-0.3, -0.25) is 0 Å². The van der Waals surface area contributed by atoms with Crippen LogP contribution in [0.3, 0.4) is 0 Å². The van der Waals surface area contributed by atoms with Crippen molar-refractivity contribution < 1.29 is 0 Å². The first-order valence-electron chi connectivity index (χ1n) is 4.21. The van der Waals surface area contributed by atoms with Crippen molar-refractivity contribution in [3.05, 3.63) is 23.3 Å². The van der Waals surface area contributed by atoms with Crippen molar-refractivity contribution in [1.29, 1.82) is 0 Å². The summed E-state index contributed by atoms with van der Waals surface area (Å²) in [4.78, 5) is 0. The average Bonchev–Trinajstić information content (AvgIpc) is 2.07. The first-order valence-corrected chi connectivity index (χ1v) is 5.09. The van der Waals surface area contributed by atoms with Crippen molar-refractivity contribution in [2.24, 2.45) is 0 Å². The Morgan fingerprint density at radius 1 is 1.45 bits per heavy atom. The van der Waals surface area contributed by atoms with Gasteiger partial charge in [-0.05, 0) is 36.3 Å². The number of hydrogen-bond acceptors (Lipinski definition) is 2. The molecule has 11 heavy (non-hydrogen) atoms. The first kappa shape index (κ1) is 8.72. The normalized spacial score (nSPS) is 15.9. The zero-order valence-electron chi connectivity index (χ0n) is 6.97. The summed E-state index contributed by atoms with van der Waals surface area (Å²) in [5.41, 5.74) is 1.37. The van der Waals surface area contributed by atoms with Crippen molar-refractivity contribution in [3.63, 3.8) is 0 Å². The molecule has 1 nitrogen and oxygen atoms in total. The second-order valence-electron chi connectivity index (χ2n) is 2.70. The van der Waals surface area contributed by atoms with Crippen LogP contribution < -0.4 is 4.72 Å². The van der Waals surface area contributed by atoms with Crippen LogP contribution in [0.4, 0.5) is 0 Å². The lowest BCUT2D eigenvalue weighted by molar-refractivity contribution is 0.704. The van der Waals surface area contributed by atoms with E-state index in [4.69, 9.17) is 0 Å². The van der Waals surface area contributed by atoms with Crippen LogP contribution in [0.1, 0.15) is 32.6 Å². The lowest BCUT2D eigenvalue weighted by Gasteiger charge is -2.09. The van der Waals surface area contributed by atoms with Crippen LogP contribution in [0.5, 0.6) is 0 Å². The van der Waals surface area contributed by atoms with E-state index >= 15 is 0 Å². The molecule has 1 rings (SSSR count). The lowest BCUT2D eigenvalue weighted by atomic mass is 10.1. The molecule has 0 aromatic rings. The fraction of sp³-hybridized carbons (Fsp3) is 0.556. The summed E-state index contributed by atoms with van der Waals surface area (Å²) in [6, 6.07) is 0. The SMILES string of the molecule is CCCCCC1=CC=CSN1. The van der Waals surface area contributed by atoms with Gasteiger partial charge in [0.25, 0.3) is 0 Å². The summed E-state index contributed by atoms with van der Waals surface area (Å²) in [5.74, 6) is 0. The van der Waals surface area contributed by atoms with Crippen LogP contribution in [-0.4, -0.2) is 0 Å². The Kier molecular flexibility index (Phi) is 4.21. The van der Waals surface area contributed by atoms with Gasteiger partial charge < -0.3 is 4.72 Å². The quantitative estimate of drug-likeness (QED) is 0.512. The molecule has 0 saturated carbocycles. The fourth-order valence-corrected chi connectivity index (χ4v) is 1.58. The van der Waals surface area contributed by atoms with Crippen molar-refractivity contribution >= 4 is 11.9 Å². The molecule has 1 aliphatic rings. The Hall–Kier alpha value is -0.370. The first-order chi connectivity index (χ1) is 5.43. The molecule has 62 valence electrons. The second kappa shape index (κ2) is 5.30. The summed E-state index contributed by atoms with van der Waals surface area (Å²) in [6.07, 6.45) is 9.41. The Morgan fingerprint density at radius 2 is 2.36 bits per heavy atom. The molecule has 1 N–H and O–H groups in total. The largest absolute Gasteiger partial charge is 0.330 e. The van der Waals surface area contributed by atoms with E-state index in [2.05, 4.69) is 29.2 Å². The number of unbranched alkanes of at least 4 members (excludes halogenated alkanes) is 2. The summed E-state index contributed by atoms with van der Waals surface area (Å²) in [6.45, 7) is 2.23. The number of rotatable bonds is 4. The van der Waals surface area contributed by atoms with Gasteiger partial charge in [0, 0.05) is 5.70 Å². The summed E-state index contributed by atoms with van der Waals surface area (Å²) >= 11 is 1.66. The molecule has 0 spiro atoms. The highest BCUT2D eigenvalue weighted by Crippen LogP contribution is 2.14. The predicted octanol–water partition coefficient (Wildman–Crippen LogP) is 3.22. The molecule has 0 aromatic heterocycles. The van der Waals surface area contributed by atoms with Crippen LogP contribution in [0.15, 0.2) is 23.3 Å². The summed E-state index contributed by atoms with van der Waals surface area (Å²) in [7, 11) is 0. The molecule has 0 amide bonds. The van der Waals surface area contributed by atoms with Crippen LogP contribution in [0.2, 0.25) is 0 Å². The van der Waals surface area contributed by atoms with Gasteiger partial charge in [0.15, 0.2) is 0 Å². The van der Waals surface area contributed by atoms with Gasteiger partial charge in [-0.15, -0.1) is 0 Å². The summed E-state index contributed by atoms with van der Waals surface area (Å²) in [5, 5.41) is 2.06. The zero-order chi connectivity index (χ0) is 7.94. The highest BCUT2D eigenvalue weighted by atomic mass is 32.2. The molecule has 0 fully saturated rings. The third-order valence-electron chi connectivity index (χ3n) is 1.68. The number of nitrogens with one attached hydrogen (secondary N) is 1. The van der Waals surface area contributed by atoms with E-state index < -0.39 is 0 Å². The Balaban J connectivity index is 2.15. The molecule has 2 heteroatoms. The molecule has 0 aromatic carbocycles. The van der Waals surface area contributed by atoms with E-state index in [1.807, 2.05) is 0 Å². The Bertz CT molecular complexity index is 161. The van der Waals surface area contributed by atoms with Crippen molar-refractivity contribution in [2.45, 2.75) is 32.6 Å². The number of hydrogen-bond donors (Lipinski definition) is 1. The van der Waals surface area contributed by atoms with Gasteiger partial charge in [0.1, 0.15) is 0 Å². The van der Waals surface area contributed by atoms with Crippen molar-refractivity contribution in [2.75, 3.05) is 0 Å². The van der Waals surface area contributed by atoms with E-state index in [1.165, 1.54) is 31.4 Å². The van der Waals surface area contributed by atoms with E-state index in [0.717, 1.165) is 0 Å². The molecule has 0 saturated heterocycles. The second-order valence-corrected chi connectivity index (χ2v) is 3.41. The minimum absolute atomic E-state index is 1.20. The van der Waals surface area contributed by atoms with E-state index in [1.54, 1.807) is 11.9 Å². The van der Waals surface area contributed by atoms with Crippen LogP contribution in [-0.2, 0) is 0 Å². The van der Waals surface area contributed by atoms with E-state index in [9.17, 15) is 0 Å². The lowest BCUT2D eigenvalue weighted by Crippen LogP contribution is -2.03. The molecule has 1 aliphatic heterocycles. The molecule has 0 atom stereocenters. The van der Waals surface area contributed by atoms with Gasteiger partial charge in [-0.2, -0.15) is 0 Å². The standard InChI is InChI=1S/C9H15NS/c1-2-3-4-6-9-7-5-8-11-10-9/h5,7-8,10H,2-4,6H2,1H3. The third kappa shape index (κ3) is 3.51. The summed E-state index contributed by atoms with van der Waals surface area (Å²) < 4.78 is 3.27. The Labute approximate surface area is 73.1 Å².